The maximum atomic E-state index is 14.5. The summed E-state index contributed by atoms with van der Waals surface area (Å²) in [5.41, 5.74) is 1.76. The number of carbonyl (C=O) groups excluding carboxylic acids is 2. The van der Waals surface area contributed by atoms with Gasteiger partial charge in [-0.25, -0.2) is 8.42 Å². The van der Waals surface area contributed by atoms with Crippen LogP contribution >= 0.6 is 11.6 Å². The predicted octanol–water partition coefficient (Wildman–Crippen LogP) is 5.72. The third-order valence-corrected chi connectivity index (χ3v) is 9.39. The van der Waals surface area contributed by atoms with Gasteiger partial charge in [-0.15, -0.1) is 0 Å². The minimum Gasteiger partial charge on any atom is -0.493 e. The summed E-state index contributed by atoms with van der Waals surface area (Å²) in [6.07, 6.45) is 0.925. The Hall–Kier alpha value is -4.54. The molecule has 0 heterocycles. The van der Waals surface area contributed by atoms with Crippen molar-refractivity contribution in [3.05, 3.63) is 119 Å². The van der Waals surface area contributed by atoms with Crippen LogP contribution < -0.4 is 19.1 Å². The summed E-state index contributed by atoms with van der Waals surface area (Å²) >= 11 is 6.14. The van der Waals surface area contributed by atoms with Crippen molar-refractivity contribution >= 4 is 39.1 Å². The molecular weight excluding hydrogens is 626 g/mol. The number of halogens is 1. The number of sulfonamides is 1. The molecule has 0 spiro atoms. The molecule has 0 aliphatic heterocycles. The maximum Gasteiger partial charge on any atom is 0.264 e. The second-order valence-electron chi connectivity index (χ2n) is 10.5. The minimum atomic E-state index is -4.25. The summed E-state index contributed by atoms with van der Waals surface area (Å²) in [5.74, 6) is -0.220. The van der Waals surface area contributed by atoms with E-state index in [0.717, 1.165) is 15.4 Å². The molecule has 4 rings (SSSR count). The number of benzene rings is 4. The van der Waals surface area contributed by atoms with Gasteiger partial charge < -0.3 is 19.7 Å². The molecule has 46 heavy (non-hydrogen) atoms. The number of rotatable bonds is 15. The van der Waals surface area contributed by atoms with E-state index >= 15 is 0 Å². The fourth-order valence-corrected chi connectivity index (χ4v) is 6.49. The van der Waals surface area contributed by atoms with Gasteiger partial charge in [0.2, 0.25) is 11.8 Å². The Morgan fingerprint density at radius 3 is 2.07 bits per heavy atom. The molecule has 9 nitrogen and oxygen atoms in total. The van der Waals surface area contributed by atoms with E-state index in [1.807, 2.05) is 37.3 Å². The summed E-state index contributed by atoms with van der Waals surface area (Å²) in [4.78, 5) is 29.7. The highest BCUT2D eigenvalue weighted by Crippen LogP contribution is 2.34. The van der Waals surface area contributed by atoms with Crippen molar-refractivity contribution in [2.45, 2.75) is 37.2 Å². The van der Waals surface area contributed by atoms with Gasteiger partial charge in [0.15, 0.2) is 11.5 Å². The normalized spacial score (nSPS) is 11.7. The number of anilines is 1. The number of ether oxygens (including phenoxy) is 2. The molecule has 0 saturated heterocycles. The molecule has 0 aliphatic carbocycles. The standard InChI is InChI=1S/C35H38ClN3O6S/c1-4-21-37-35(41)31(22-26-11-7-5-8-12-26)38(24-27-15-17-28(36)18-16-27)34(40)25-39(46(42,43)30-13-9-6-10-14-30)29-19-20-32(44-2)33(23-29)45-3/h5-20,23,31H,4,21-22,24-25H2,1-3H3,(H,37,41)/t31-/m0/s1. The van der Waals surface area contributed by atoms with Crippen molar-refractivity contribution in [3.63, 3.8) is 0 Å². The van der Waals surface area contributed by atoms with Crippen LogP contribution in [0.1, 0.15) is 24.5 Å². The number of hydrogen-bond donors (Lipinski definition) is 1. The minimum absolute atomic E-state index is 0.00311. The number of amides is 2. The van der Waals surface area contributed by atoms with E-state index in [2.05, 4.69) is 5.32 Å². The molecule has 2 amide bonds. The van der Waals surface area contributed by atoms with Crippen molar-refractivity contribution in [1.82, 2.24) is 10.2 Å². The van der Waals surface area contributed by atoms with Crippen LogP contribution in [-0.2, 0) is 32.6 Å². The van der Waals surface area contributed by atoms with E-state index in [1.165, 1.54) is 37.3 Å². The number of methoxy groups -OCH3 is 2. The molecule has 0 fully saturated rings. The second-order valence-corrected chi connectivity index (χ2v) is 12.8. The van der Waals surface area contributed by atoms with Gasteiger partial charge in [0.05, 0.1) is 24.8 Å². The number of nitrogens with zero attached hydrogens (tertiary/aromatic N) is 2. The Bertz CT molecular complexity index is 1700. The Balaban J connectivity index is 1.82. The molecule has 11 heteroatoms. The van der Waals surface area contributed by atoms with Gasteiger partial charge in [-0.1, -0.05) is 79.2 Å². The molecule has 0 bridgehead atoms. The summed E-state index contributed by atoms with van der Waals surface area (Å²) in [6, 6.07) is 27.9. The van der Waals surface area contributed by atoms with E-state index in [9.17, 15) is 18.0 Å². The van der Waals surface area contributed by atoms with E-state index in [-0.39, 0.29) is 29.5 Å². The van der Waals surface area contributed by atoms with Crippen LogP contribution in [0.15, 0.2) is 108 Å². The van der Waals surface area contributed by atoms with Gasteiger partial charge >= 0.3 is 0 Å². The van der Waals surface area contributed by atoms with Gasteiger partial charge in [-0.05, 0) is 53.9 Å². The van der Waals surface area contributed by atoms with Crippen LogP contribution in [0.5, 0.6) is 11.5 Å². The van der Waals surface area contributed by atoms with Crippen LogP contribution in [0, 0.1) is 0 Å². The lowest BCUT2D eigenvalue weighted by molar-refractivity contribution is -0.140. The fourth-order valence-electron chi connectivity index (χ4n) is 4.93. The first-order valence-electron chi connectivity index (χ1n) is 14.8. The molecule has 1 atom stereocenters. The van der Waals surface area contributed by atoms with Crippen molar-refractivity contribution in [1.29, 1.82) is 0 Å². The number of nitrogens with one attached hydrogen (secondary N) is 1. The average Bonchev–Trinajstić information content (AvgIpc) is 3.08. The van der Waals surface area contributed by atoms with Crippen LogP contribution in [0.25, 0.3) is 0 Å². The van der Waals surface area contributed by atoms with Crippen LogP contribution in [0.2, 0.25) is 5.02 Å². The van der Waals surface area contributed by atoms with Gasteiger partial charge in [0, 0.05) is 30.6 Å². The van der Waals surface area contributed by atoms with E-state index < -0.39 is 28.5 Å². The smallest absolute Gasteiger partial charge is 0.264 e. The largest absolute Gasteiger partial charge is 0.493 e. The molecule has 0 unspecified atom stereocenters. The first-order valence-corrected chi connectivity index (χ1v) is 16.6. The zero-order valence-corrected chi connectivity index (χ0v) is 27.6. The van der Waals surface area contributed by atoms with E-state index in [1.54, 1.807) is 54.6 Å². The molecule has 0 aromatic heterocycles. The third-order valence-electron chi connectivity index (χ3n) is 7.35. The van der Waals surface area contributed by atoms with Crippen molar-refractivity contribution in [2.75, 3.05) is 31.6 Å². The summed E-state index contributed by atoms with van der Waals surface area (Å²) < 4.78 is 40.2. The maximum absolute atomic E-state index is 14.5. The van der Waals surface area contributed by atoms with Crippen molar-refractivity contribution in [2.24, 2.45) is 0 Å². The molecule has 4 aromatic rings. The molecule has 4 aromatic carbocycles. The Morgan fingerprint density at radius 1 is 0.826 bits per heavy atom. The Morgan fingerprint density at radius 2 is 1.46 bits per heavy atom. The van der Waals surface area contributed by atoms with Crippen molar-refractivity contribution in [3.8, 4) is 11.5 Å². The van der Waals surface area contributed by atoms with Crippen LogP contribution in [0.3, 0.4) is 0 Å². The predicted molar refractivity (Wildman–Crippen MR) is 180 cm³/mol. The quantitative estimate of drug-likeness (QED) is 0.175. The highest BCUT2D eigenvalue weighted by Gasteiger charge is 2.35. The first kappa shape index (κ1) is 34.3. The second kappa shape index (κ2) is 16.1. The summed E-state index contributed by atoms with van der Waals surface area (Å²) in [7, 11) is -1.33. The molecule has 1 N–H and O–H groups in total. The fraction of sp³-hybridized carbons (Fsp3) is 0.257. The monoisotopic (exact) mass is 663 g/mol. The SMILES string of the molecule is CCCNC(=O)[C@H](Cc1ccccc1)N(Cc1ccc(Cl)cc1)C(=O)CN(c1ccc(OC)c(OC)c1)S(=O)(=O)c1ccccc1. The molecule has 242 valence electrons. The lowest BCUT2D eigenvalue weighted by Crippen LogP contribution is -2.53. The Kier molecular flexibility index (Phi) is 12.1. The van der Waals surface area contributed by atoms with Gasteiger partial charge in [0.25, 0.3) is 10.0 Å². The summed E-state index contributed by atoms with van der Waals surface area (Å²) in [6.45, 7) is 1.82. The number of carbonyl (C=O) groups is 2. The first-order chi connectivity index (χ1) is 22.2. The zero-order chi connectivity index (χ0) is 33.1. The van der Waals surface area contributed by atoms with Gasteiger partial charge in [-0.2, -0.15) is 0 Å². The summed E-state index contributed by atoms with van der Waals surface area (Å²) in [5, 5.41) is 3.46. The lowest BCUT2D eigenvalue weighted by atomic mass is 10.0. The average molecular weight is 664 g/mol. The highest BCUT2D eigenvalue weighted by molar-refractivity contribution is 7.92. The lowest BCUT2D eigenvalue weighted by Gasteiger charge is -2.34. The topological polar surface area (TPSA) is 105 Å². The third kappa shape index (κ3) is 8.58. The van der Waals surface area contributed by atoms with Gasteiger partial charge in [-0.3, -0.25) is 13.9 Å². The Labute approximate surface area is 275 Å². The zero-order valence-electron chi connectivity index (χ0n) is 26.1. The molecule has 0 radical (unpaired) electrons. The molecule has 0 aliphatic rings. The molecular formula is C35H38ClN3O6S. The molecule has 0 saturated carbocycles. The highest BCUT2D eigenvalue weighted by atomic mass is 35.5. The van der Waals surface area contributed by atoms with Crippen LogP contribution in [0.4, 0.5) is 5.69 Å². The van der Waals surface area contributed by atoms with E-state index in [0.29, 0.717) is 29.5 Å². The van der Waals surface area contributed by atoms with E-state index in [4.69, 9.17) is 21.1 Å². The number of hydrogen-bond acceptors (Lipinski definition) is 6. The van der Waals surface area contributed by atoms with Gasteiger partial charge in [0.1, 0.15) is 12.6 Å². The van der Waals surface area contributed by atoms with Crippen molar-refractivity contribution < 1.29 is 27.5 Å². The van der Waals surface area contributed by atoms with Crippen LogP contribution in [-0.4, -0.2) is 58.5 Å².